The topological polar surface area (TPSA) is 32.8 Å². The van der Waals surface area contributed by atoms with Gasteiger partial charge in [-0.15, -0.1) is 0 Å². The first-order valence-corrected chi connectivity index (χ1v) is 7.72. The van der Waals surface area contributed by atoms with Gasteiger partial charge in [0.05, 0.1) is 7.11 Å². The van der Waals surface area contributed by atoms with Crippen molar-refractivity contribution in [3.63, 3.8) is 0 Å². The van der Waals surface area contributed by atoms with Gasteiger partial charge in [0.2, 0.25) is 0 Å². The van der Waals surface area contributed by atoms with Gasteiger partial charge in [-0.1, -0.05) is 39.5 Å². The van der Waals surface area contributed by atoms with Crippen molar-refractivity contribution in [2.45, 2.75) is 46.0 Å². The van der Waals surface area contributed by atoms with Crippen molar-refractivity contribution in [2.75, 3.05) is 39.8 Å². The number of hydrogen-bond donors (Lipinski definition) is 0. The first kappa shape index (κ1) is 16.3. The second-order valence-electron chi connectivity index (χ2n) is 5.69. The van der Waals surface area contributed by atoms with E-state index in [0.29, 0.717) is 0 Å². The van der Waals surface area contributed by atoms with E-state index in [-0.39, 0.29) is 6.09 Å². The fraction of sp³-hybridized carbons (Fsp3) is 0.933. The van der Waals surface area contributed by atoms with Crippen molar-refractivity contribution < 1.29 is 9.53 Å². The number of methoxy groups -OCH3 is 1. The summed E-state index contributed by atoms with van der Waals surface area (Å²) in [4.78, 5) is 15.6. The number of rotatable bonds is 7. The molecule has 0 aromatic carbocycles. The van der Waals surface area contributed by atoms with Gasteiger partial charge in [0.1, 0.15) is 0 Å². The molecule has 1 aliphatic heterocycles. The third-order valence-corrected chi connectivity index (χ3v) is 4.04. The Labute approximate surface area is 118 Å². The molecule has 0 spiro atoms. The van der Waals surface area contributed by atoms with Gasteiger partial charge < -0.3 is 9.64 Å². The molecule has 0 saturated carbocycles. The van der Waals surface area contributed by atoms with Crippen LogP contribution >= 0.6 is 0 Å². The van der Waals surface area contributed by atoms with Crippen LogP contribution in [0.2, 0.25) is 0 Å². The zero-order valence-corrected chi connectivity index (χ0v) is 12.9. The van der Waals surface area contributed by atoms with Gasteiger partial charge in [0, 0.05) is 26.2 Å². The molecule has 4 nitrogen and oxygen atoms in total. The molecule has 1 atom stereocenters. The van der Waals surface area contributed by atoms with Crippen LogP contribution in [0.25, 0.3) is 0 Å². The Morgan fingerprint density at radius 1 is 1.16 bits per heavy atom. The van der Waals surface area contributed by atoms with Crippen LogP contribution in [-0.4, -0.2) is 55.7 Å². The maximum Gasteiger partial charge on any atom is 0.409 e. The highest BCUT2D eigenvalue weighted by atomic mass is 16.5. The normalized spacial score (nSPS) is 18.4. The molecular weight excluding hydrogens is 240 g/mol. The summed E-state index contributed by atoms with van der Waals surface area (Å²) in [7, 11) is 1.45. The lowest BCUT2D eigenvalue weighted by molar-refractivity contribution is 0.0891. The molecule has 4 heteroatoms. The van der Waals surface area contributed by atoms with Crippen molar-refractivity contribution >= 4 is 6.09 Å². The molecule has 0 aliphatic carbocycles. The number of carbonyl (C=O) groups is 1. The fourth-order valence-electron chi connectivity index (χ4n) is 2.57. The molecule has 0 N–H and O–H groups in total. The van der Waals surface area contributed by atoms with Crippen LogP contribution in [0.3, 0.4) is 0 Å². The van der Waals surface area contributed by atoms with E-state index in [0.717, 1.165) is 32.1 Å². The van der Waals surface area contributed by atoms with Crippen LogP contribution in [0.5, 0.6) is 0 Å². The summed E-state index contributed by atoms with van der Waals surface area (Å²) in [6.45, 7) is 9.36. The van der Waals surface area contributed by atoms with Crippen molar-refractivity contribution in [1.29, 1.82) is 0 Å². The van der Waals surface area contributed by atoms with Crippen LogP contribution in [-0.2, 0) is 4.74 Å². The third kappa shape index (κ3) is 6.28. The molecule has 0 aromatic heterocycles. The maximum absolute atomic E-state index is 11.4. The van der Waals surface area contributed by atoms with Crippen LogP contribution < -0.4 is 0 Å². The smallest absolute Gasteiger partial charge is 0.409 e. The van der Waals surface area contributed by atoms with Crippen LogP contribution in [0, 0.1) is 5.92 Å². The molecule has 19 heavy (non-hydrogen) atoms. The summed E-state index contributed by atoms with van der Waals surface area (Å²) in [6, 6.07) is 0. The highest BCUT2D eigenvalue weighted by Gasteiger charge is 2.21. The minimum atomic E-state index is -0.187. The monoisotopic (exact) mass is 270 g/mol. The number of unbranched alkanes of at least 4 members (excludes halogenated alkanes) is 2. The second-order valence-corrected chi connectivity index (χ2v) is 5.69. The average Bonchev–Trinajstić information content (AvgIpc) is 2.45. The molecule has 1 heterocycles. The van der Waals surface area contributed by atoms with Gasteiger partial charge in [0.25, 0.3) is 0 Å². The predicted octanol–water partition coefficient (Wildman–Crippen LogP) is 2.98. The lowest BCUT2D eigenvalue weighted by Crippen LogP contribution is -2.48. The highest BCUT2D eigenvalue weighted by Crippen LogP contribution is 2.14. The van der Waals surface area contributed by atoms with E-state index in [2.05, 4.69) is 18.7 Å². The van der Waals surface area contributed by atoms with Crippen LogP contribution in [0.1, 0.15) is 46.0 Å². The molecule has 112 valence electrons. The summed E-state index contributed by atoms with van der Waals surface area (Å²) in [6.07, 6.45) is 6.49. The number of carbonyl (C=O) groups excluding carboxylic acids is 1. The molecule has 1 saturated heterocycles. The Hall–Kier alpha value is -0.770. The third-order valence-electron chi connectivity index (χ3n) is 4.04. The molecule has 1 rings (SSSR count). The molecule has 1 unspecified atom stereocenters. The summed E-state index contributed by atoms with van der Waals surface area (Å²) in [5.41, 5.74) is 0. The van der Waals surface area contributed by atoms with Gasteiger partial charge in [0.15, 0.2) is 0 Å². The van der Waals surface area contributed by atoms with E-state index < -0.39 is 0 Å². The van der Waals surface area contributed by atoms with Gasteiger partial charge in [-0.25, -0.2) is 4.79 Å². The Morgan fingerprint density at radius 3 is 2.42 bits per heavy atom. The highest BCUT2D eigenvalue weighted by molar-refractivity contribution is 5.67. The van der Waals surface area contributed by atoms with Gasteiger partial charge in [-0.3, -0.25) is 4.90 Å². The first-order valence-electron chi connectivity index (χ1n) is 7.72. The van der Waals surface area contributed by atoms with Crippen molar-refractivity contribution in [2.24, 2.45) is 5.92 Å². The Kier molecular flexibility index (Phi) is 7.87. The maximum atomic E-state index is 11.4. The lowest BCUT2D eigenvalue weighted by Gasteiger charge is -2.34. The number of nitrogens with zero attached hydrogens (tertiary/aromatic N) is 2. The summed E-state index contributed by atoms with van der Waals surface area (Å²) in [5.74, 6) is 0.824. The minimum Gasteiger partial charge on any atom is -0.453 e. The standard InChI is InChI=1S/C15H30N2O2/c1-4-5-6-7-14(2)8-9-16-10-12-17(13-11-16)15(18)19-3/h14H,4-13H2,1-3H3. The molecule has 1 fully saturated rings. The Balaban J connectivity index is 2.10. The van der Waals surface area contributed by atoms with E-state index >= 15 is 0 Å². The molecule has 0 bridgehead atoms. The number of hydrogen-bond acceptors (Lipinski definition) is 3. The Morgan fingerprint density at radius 2 is 1.84 bits per heavy atom. The average molecular weight is 270 g/mol. The van der Waals surface area contributed by atoms with Crippen molar-refractivity contribution in [1.82, 2.24) is 9.80 Å². The first-order chi connectivity index (χ1) is 9.17. The minimum absolute atomic E-state index is 0.187. The number of piperazine rings is 1. The van der Waals surface area contributed by atoms with E-state index in [1.807, 2.05) is 0 Å². The lowest BCUT2D eigenvalue weighted by atomic mass is 9.99. The summed E-state index contributed by atoms with van der Waals surface area (Å²) in [5, 5.41) is 0. The SMILES string of the molecule is CCCCCC(C)CCN1CCN(C(=O)OC)CC1. The van der Waals surface area contributed by atoms with Crippen molar-refractivity contribution in [3.8, 4) is 0 Å². The Bertz CT molecular complexity index is 251. The molecule has 1 aliphatic rings. The second kappa shape index (κ2) is 9.18. The predicted molar refractivity (Wildman–Crippen MR) is 78.3 cm³/mol. The van der Waals surface area contributed by atoms with Crippen molar-refractivity contribution in [3.05, 3.63) is 0 Å². The zero-order chi connectivity index (χ0) is 14.1. The van der Waals surface area contributed by atoms with E-state index in [1.54, 1.807) is 4.90 Å². The molecular formula is C15H30N2O2. The van der Waals surface area contributed by atoms with Crippen LogP contribution in [0.4, 0.5) is 4.79 Å². The van der Waals surface area contributed by atoms with E-state index in [9.17, 15) is 4.79 Å². The quantitative estimate of drug-likeness (QED) is 0.667. The van der Waals surface area contributed by atoms with E-state index in [1.165, 1.54) is 45.8 Å². The summed E-state index contributed by atoms with van der Waals surface area (Å²) >= 11 is 0. The van der Waals surface area contributed by atoms with Gasteiger partial charge in [-0.2, -0.15) is 0 Å². The van der Waals surface area contributed by atoms with Gasteiger partial charge >= 0.3 is 6.09 Å². The van der Waals surface area contributed by atoms with Crippen LogP contribution in [0.15, 0.2) is 0 Å². The molecule has 0 aromatic rings. The number of amides is 1. The molecule has 0 radical (unpaired) electrons. The fourth-order valence-corrected chi connectivity index (χ4v) is 2.57. The van der Waals surface area contributed by atoms with E-state index in [4.69, 9.17) is 4.74 Å². The summed E-state index contributed by atoms with van der Waals surface area (Å²) < 4.78 is 4.75. The molecule has 1 amide bonds. The number of ether oxygens (including phenoxy) is 1. The van der Waals surface area contributed by atoms with Gasteiger partial charge in [-0.05, 0) is 18.9 Å². The largest absolute Gasteiger partial charge is 0.453 e. The zero-order valence-electron chi connectivity index (χ0n) is 12.9.